The van der Waals surface area contributed by atoms with Crippen LogP contribution >= 0.6 is 0 Å². The van der Waals surface area contributed by atoms with Crippen LogP contribution in [-0.2, 0) is 16.6 Å². The van der Waals surface area contributed by atoms with Crippen LogP contribution in [0.3, 0.4) is 0 Å². The van der Waals surface area contributed by atoms with E-state index in [1.54, 1.807) is 30.5 Å². The third-order valence-electron chi connectivity index (χ3n) is 8.99. The molecule has 6 rings (SSSR count). The first-order chi connectivity index (χ1) is 20.3. The molecule has 3 N–H and O–H groups in total. The van der Waals surface area contributed by atoms with Gasteiger partial charge in [-0.2, -0.15) is 13.2 Å². The summed E-state index contributed by atoms with van der Waals surface area (Å²) in [5.74, 6) is 1.26. The number of fused-ring (bicyclic) bond motifs is 2. The van der Waals surface area contributed by atoms with Crippen LogP contribution in [0.5, 0.6) is 0 Å². The van der Waals surface area contributed by atoms with E-state index in [0.717, 1.165) is 42.9 Å². The number of piperazine rings is 1. The summed E-state index contributed by atoms with van der Waals surface area (Å²) in [7, 11) is 0. The number of halogens is 3. The maximum atomic E-state index is 13.3. The highest BCUT2D eigenvalue weighted by molar-refractivity contribution is 5.85. The number of nitrogen functional groups attached to an aromatic ring is 1. The SMILES string of the molecule is CC(C)N1CC(=O)N2C[C@@H](c3nc(-c4ccc(C(C)(O)c5cccc(C(F)(F)F)c5)cc4)c4c(N)nccn34)CC[C@@H]2C1. The Bertz CT molecular complexity index is 1660. The lowest BCUT2D eigenvalue weighted by Crippen LogP contribution is -2.60. The number of amides is 1. The number of piperidine rings is 1. The van der Waals surface area contributed by atoms with Crippen LogP contribution in [-0.4, -0.2) is 66.9 Å². The fourth-order valence-electron chi connectivity index (χ4n) is 6.42. The van der Waals surface area contributed by atoms with Gasteiger partial charge in [0.1, 0.15) is 28.5 Å². The molecule has 4 heterocycles. The number of anilines is 1. The predicted molar refractivity (Wildman–Crippen MR) is 157 cm³/mol. The molecule has 43 heavy (non-hydrogen) atoms. The molecule has 0 bridgehead atoms. The number of benzene rings is 2. The van der Waals surface area contributed by atoms with Crippen LogP contribution < -0.4 is 5.73 Å². The summed E-state index contributed by atoms with van der Waals surface area (Å²) in [4.78, 5) is 26.7. The molecule has 2 aromatic heterocycles. The van der Waals surface area contributed by atoms with Gasteiger partial charge in [0.2, 0.25) is 5.91 Å². The molecule has 0 aliphatic carbocycles. The number of alkyl halides is 3. The van der Waals surface area contributed by atoms with E-state index in [4.69, 9.17) is 10.7 Å². The van der Waals surface area contributed by atoms with Crippen molar-refractivity contribution in [1.82, 2.24) is 24.2 Å². The summed E-state index contributed by atoms with van der Waals surface area (Å²) >= 11 is 0. The van der Waals surface area contributed by atoms with Crippen molar-refractivity contribution in [2.45, 2.75) is 63.4 Å². The van der Waals surface area contributed by atoms with Gasteiger partial charge in [-0.05, 0) is 56.9 Å². The van der Waals surface area contributed by atoms with Crippen LogP contribution in [0.2, 0.25) is 0 Å². The molecule has 0 spiro atoms. The van der Waals surface area contributed by atoms with E-state index in [0.29, 0.717) is 41.7 Å². The second kappa shape index (κ2) is 10.6. The van der Waals surface area contributed by atoms with E-state index < -0.39 is 17.3 Å². The van der Waals surface area contributed by atoms with Gasteiger partial charge in [0, 0.05) is 49.0 Å². The van der Waals surface area contributed by atoms with Crippen LogP contribution in [0.4, 0.5) is 19.0 Å². The summed E-state index contributed by atoms with van der Waals surface area (Å²) in [6.45, 7) is 7.57. The number of rotatable bonds is 5. The molecule has 3 atom stereocenters. The maximum Gasteiger partial charge on any atom is 0.416 e. The van der Waals surface area contributed by atoms with Crippen LogP contribution in [0.15, 0.2) is 60.9 Å². The molecule has 2 saturated heterocycles. The second-order valence-corrected chi connectivity index (χ2v) is 12.1. The van der Waals surface area contributed by atoms with Gasteiger partial charge in [0.15, 0.2) is 0 Å². The molecule has 4 aromatic rings. The Kier molecular flexibility index (Phi) is 7.21. The van der Waals surface area contributed by atoms with Crippen LogP contribution in [0.25, 0.3) is 16.8 Å². The topological polar surface area (TPSA) is 100.0 Å². The molecule has 2 aliphatic rings. The maximum absolute atomic E-state index is 13.3. The molecule has 2 fully saturated rings. The van der Waals surface area contributed by atoms with Gasteiger partial charge < -0.3 is 15.7 Å². The fraction of sp³-hybridized carbons (Fsp3) is 0.406. The van der Waals surface area contributed by atoms with E-state index in [9.17, 15) is 23.1 Å². The molecule has 0 saturated carbocycles. The predicted octanol–water partition coefficient (Wildman–Crippen LogP) is 5.05. The zero-order valence-corrected chi connectivity index (χ0v) is 24.3. The van der Waals surface area contributed by atoms with Crippen molar-refractivity contribution in [2.75, 3.05) is 25.4 Å². The van der Waals surface area contributed by atoms with Gasteiger partial charge in [0.25, 0.3) is 0 Å². The van der Waals surface area contributed by atoms with Gasteiger partial charge in [-0.3, -0.25) is 14.1 Å². The molecule has 226 valence electrons. The van der Waals surface area contributed by atoms with Crippen molar-refractivity contribution in [1.29, 1.82) is 0 Å². The largest absolute Gasteiger partial charge is 0.416 e. The Morgan fingerprint density at radius 2 is 1.74 bits per heavy atom. The van der Waals surface area contributed by atoms with Crippen molar-refractivity contribution >= 4 is 17.2 Å². The van der Waals surface area contributed by atoms with Crippen LogP contribution in [0, 0.1) is 0 Å². The number of aromatic nitrogens is 3. The van der Waals surface area contributed by atoms with Gasteiger partial charge >= 0.3 is 6.18 Å². The third-order valence-corrected chi connectivity index (χ3v) is 8.99. The average molecular weight is 593 g/mol. The molecule has 0 radical (unpaired) electrons. The second-order valence-electron chi connectivity index (χ2n) is 12.1. The third kappa shape index (κ3) is 5.25. The summed E-state index contributed by atoms with van der Waals surface area (Å²) in [5.41, 5.74) is 6.43. The Balaban J connectivity index is 1.32. The molecule has 2 aliphatic heterocycles. The average Bonchev–Trinajstić information content (AvgIpc) is 3.37. The highest BCUT2D eigenvalue weighted by Gasteiger charge is 2.40. The Labute approximate surface area is 248 Å². The molecule has 8 nitrogen and oxygen atoms in total. The number of hydrogen-bond donors (Lipinski definition) is 2. The molecule has 11 heteroatoms. The van der Waals surface area contributed by atoms with Crippen molar-refractivity contribution in [3.05, 3.63) is 83.4 Å². The van der Waals surface area contributed by atoms with Crippen LogP contribution in [0.1, 0.15) is 62.0 Å². The van der Waals surface area contributed by atoms with Gasteiger partial charge in [0.05, 0.1) is 12.1 Å². The van der Waals surface area contributed by atoms with Gasteiger partial charge in [-0.15, -0.1) is 0 Å². The molecule has 2 aromatic carbocycles. The number of imidazole rings is 1. The molecule has 1 unspecified atom stereocenters. The Hall–Kier alpha value is -3.96. The lowest BCUT2D eigenvalue weighted by atomic mass is 9.87. The normalized spacial score (nSPS) is 21.3. The lowest BCUT2D eigenvalue weighted by Gasteiger charge is -2.46. The monoisotopic (exact) mass is 592 g/mol. The zero-order valence-electron chi connectivity index (χ0n) is 24.3. The van der Waals surface area contributed by atoms with Crippen molar-refractivity contribution in [3.8, 4) is 11.3 Å². The van der Waals surface area contributed by atoms with E-state index in [1.165, 1.54) is 19.1 Å². The molecule has 1 amide bonds. The first-order valence-corrected chi connectivity index (χ1v) is 14.5. The standard InChI is InChI=1S/C32H35F3N6O2/c1-19(2)39-17-25-12-9-21(16-41(25)26(42)18-39)30-38-27(28-29(36)37-13-14-40(28)30)20-7-10-22(11-8-20)31(3,43)23-5-4-6-24(15-23)32(33,34)35/h4-8,10-11,13-15,19,21,25,43H,9,12,16-18H2,1-3H3,(H2,36,37)/t21-,25+,31?/m0/s1. The van der Waals surface area contributed by atoms with Crippen molar-refractivity contribution in [3.63, 3.8) is 0 Å². The number of nitrogens with two attached hydrogens (primary N) is 1. The van der Waals surface area contributed by atoms with E-state index in [1.807, 2.05) is 15.5 Å². The summed E-state index contributed by atoms with van der Waals surface area (Å²) < 4.78 is 41.9. The smallest absolute Gasteiger partial charge is 0.382 e. The minimum atomic E-state index is -4.52. The van der Waals surface area contributed by atoms with Crippen molar-refractivity contribution in [2.24, 2.45) is 0 Å². The Morgan fingerprint density at radius 1 is 1.02 bits per heavy atom. The highest BCUT2D eigenvalue weighted by Crippen LogP contribution is 2.38. The first kappa shape index (κ1) is 29.1. The zero-order chi connectivity index (χ0) is 30.7. The summed E-state index contributed by atoms with van der Waals surface area (Å²) in [6, 6.07) is 12.2. The summed E-state index contributed by atoms with van der Waals surface area (Å²) in [6.07, 6.45) is 0.697. The highest BCUT2D eigenvalue weighted by atomic mass is 19.4. The lowest BCUT2D eigenvalue weighted by molar-refractivity contribution is -0.143. The summed E-state index contributed by atoms with van der Waals surface area (Å²) in [5, 5.41) is 11.3. The quantitative estimate of drug-likeness (QED) is 0.337. The van der Waals surface area contributed by atoms with E-state index in [2.05, 4.69) is 23.7 Å². The van der Waals surface area contributed by atoms with E-state index in [-0.39, 0.29) is 23.4 Å². The van der Waals surface area contributed by atoms with E-state index >= 15 is 0 Å². The Morgan fingerprint density at radius 3 is 2.44 bits per heavy atom. The van der Waals surface area contributed by atoms with Crippen molar-refractivity contribution < 1.29 is 23.1 Å². The van der Waals surface area contributed by atoms with Gasteiger partial charge in [-0.1, -0.05) is 36.4 Å². The fourth-order valence-corrected chi connectivity index (χ4v) is 6.42. The number of hydrogen-bond acceptors (Lipinski definition) is 6. The first-order valence-electron chi connectivity index (χ1n) is 14.5. The van der Waals surface area contributed by atoms with Gasteiger partial charge in [-0.25, -0.2) is 9.97 Å². The minimum absolute atomic E-state index is 0.00904. The minimum Gasteiger partial charge on any atom is -0.382 e. The molecular weight excluding hydrogens is 557 g/mol. The number of carbonyl (C=O) groups is 1. The number of carbonyl (C=O) groups excluding carboxylic acids is 1. The number of nitrogens with zero attached hydrogens (tertiary/aromatic N) is 5. The molecular formula is C32H35F3N6O2. The number of aliphatic hydroxyl groups is 1.